The van der Waals surface area contributed by atoms with Crippen LogP contribution in [0.15, 0.2) is 12.5 Å². The van der Waals surface area contributed by atoms with Gasteiger partial charge in [0.05, 0.1) is 17.6 Å². The van der Waals surface area contributed by atoms with E-state index in [2.05, 4.69) is 4.98 Å². The largest absolute Gasteiger partial charge is 0.390 e. The van der Waals surface area contributed by atoms with Gasteiger partial charge in [-0.1, -0.05) is 0 Å². The molecular weight excluding hydrogens is 152 g/mol. The van der Waals surface area contributed by atoms with Gasteiger partial charge in [-0.15, -0.1) is 0 Å². The summed E-state index contributed by atoms with van der Waals surface area (Å²) in [5, 5.41) is 9.56. The highest BCUT2D eigenvalue weighted by Gasteiger charge is 2.39. The number of imidazole rings is 1. The van der Waals surface area contributed by atoms with Crippen LogP contribution < -0.4 is 0 Å². The van der Waals surface area contributed by atoms with Gasteiger partial charge in [0, 0.05) is 13.2 Å². The molecule has 0 saturated heterocycles. The van der Waals surface area contributed by atoms with Crippen LogP contribution in [0.1, 0.15) is 25.0 Å². The number of nitrogens with zero attached hydrogens (tertiary/aromatic N) is 2. The molecule has 0 atom stereocenters. The Hall–Kier alpha value is -0.830. The van der Waals surface area contributed by atoms with Gasteiger partial charge in [0.2, 0.25) is 0 Å². The monoisotopic (exact) mass is 166 g/mol. The molecule has 3 nitrogen and oxygen atoms in total. The van der Waals surface area contributed by atoms with Gasteiger partial charge in [0.25, 0.3) is 0 Å². The lowest BCUT2D eigenvalue weighted by Crippen LogP contribution is -2.07. The molecule has 1 saturated carbocycles. The Morgan fingerprint density at radius 3 is 2.92 bits per heavy atom. The van der Waals surface area contributed by atoms with Crippen molar-refractivity contribution in [1.29, 1.82) is 0 Å². The summed E-state index contributed by atoms with van der Waals surface area (Å²) < 4.78 is 1.94. The van der Waals surface area contributed by atoms with Gasteiger partial charge in [-0.25, -0.2) is 4.98 Å². The van der Waals surface area contributed by atoms with Crippen molar-refractivity contribution in [2.75, 3.05) is 0 Å². The first kappa shape index (κ1) is 7.80. The number of rotatable bonds is 3. The van der Waals surface area contributed by atoms with Crippen molar-refractivity contribution >= 4 is 0 Å². The van der Waals surface area contributed by atoms with Gasteiger partial charge in [-0.2, -0.15) is 0 Å². The minimum Gasteiger partial charge on any atom is -0.390 e. The van der Waals surface area contributed by atoms with E-state index in [9.17, 15) is 5.11 Å². The summed E-state index contributed by atoms with van der Waals surface area (Å²) in [6, 6.07) is 0. The topological polar surface area (TPSA) is 38.0 Å². The highest BCUT2D eigenvalue weighted by Crippen LogP contribution is 2.38. The third kappa shape index (κ3) is 1.67. The van der Waals surface area contributed by atoms with Gasteiger partial charge in [-0.3, -0.25) is 0 Å². The average molecular weight is 166 g/mol. The molecule has 1 N–H and O–H groups in total. The van der Waals surface area contributed by atoms with E-state index in [1.165, 1.54) is 0 Å². The van der Waals surface area contributed by atoms with E-state index in [-0.39, 0.29) is 5.60 Å². The fraction of sp³-hybridized carbons (Fsp3) is 0.667. The van der Waals surface area contributed by atoms with Gasteiger partial charge < -0.3 is 9.67 Å². The molecule has 1 aromatic rings. The smallest absolute Gasteiger partial charge is 0.0946 e. The molecule has 2 rings (SSSR count). The SMILES string of the molecule is Cn1cnc(CCC2(O)CC2)c1. The number of hydrogen-bond donors (Lipinski definition) is 1. The standard InChI is InChI=1S/C9H14N2O/c1-11-6-8(10-7-11)2-3-9(12)4-5-9/h6-7,12H,2-5H2,1H3. The molecule has 1 fully saturated rings. The van der Waals surface area contributed by atoms with E-state index in [0.717, 1.165) is 31.4 Å². The molecule has 1 aliphatic carbocycles. The predicted molar refractivity (Wildman–Crippen MR) is 45.7 cm³/mol. The van der Waals surface area contributed by atoms with Crippen LogP contribution in [0.2, 0.25) is 0 Å². The molecule has 3 heteroatoms. The van der Waals surface area contributed by atoms with Crippen LogP contribution in [0.5, 0.6) is 0 Å². The molecule has 1 heterocycles. The minimum atomic E-state index is -0.336. The second kappa shape index (κ2) is 2.59. The Labute approximate surface area is 72.0 Å². The maximum atomic E-state index is 9.56. The highest BCUT2D eigenvalue weighted by molar-refractivity contribution is 5.01. The Morgan fingerprint density at radius 1 is 1.67 bits per heavy atom. The van der Waals surface area contributed by atoms with Gasteiger partial charge in [0.15, 0.2) is 0 Å². The quantitative estimate of drug-likeness (QED) is 0.723. The first-order chi connectivity index (χ1) is 5.68. The molecule has 1 aromatic heterocycles. The third-order valence-corrected chi connectivity index (χ3v) is 2.43. The van der Waals surface area contributed by atoms with Crippen molar-refractivity contribution in [3.8, 4) is 0 Å². The zero-order valence-corrected chi connectivity index (χ0v) is 7.32. The van der Waals surface area contributed by atoms with Crippen molar-refractivity contribution in [2.24, 2.45) is 7.05 Å². The van der Waals surface area contributed by atoms with Gasteiger partial charge in [-0.05, 0) is 25.7 Å². The second-order valence-corrected chi connectivity index (χ2v) is 3.75. The summed E-state index contributed by atoms with van der Waals surface area (Å²) >= 11 is 0. The molecule has 0 spiro atoms. The fourth-order valence-electron chi connectivity index (χ4n) is 1.35. The molecule has 0 unspecified atom stereocenters. The van der Waals surface area contributed by atoms with Crippen molar-refractivity contribution in [2.45, 2.75) is 31.3 Å². The van der Waals surface area contributed by atoms with Crippen molar-refractivity contribution in [3.05, 3.63) is 18.2 Å². The van der Waals surface area contributed by atoms with Crippen LogP contribution in [0.3, 0.4) is 0 Å². The minimum absolute atomic E-state index is 0.336. The van der Waals surface area contributed by atoms with Crippen LogP contribution in [0, 0.1) is 0 Å². The lowest BCUT2D eigenvalue weighted by Gasteiger charge is -2.03. The van der Waals surface area contributed by atoms with Crippen LogP contribution in [0.4, 0.5) is 0 Å². The lowest BCUT2D eigenvalue weighted by atomic mass is 10.1. The maximum Gasteiger partial charge on any atom is 0.0946 e. The van der Waals surface area contributed by atoms with Crippen molar-refractivity contribution in [3.63, 3.8) is 0 Å². The summed E-state index contributed by atoms with van der Waals surface area (Å²) in [5.74, 6) is 0. The molecular formula is C9H14N2O. The molecule has 66 valence electrons. The number of aromatic nitrogens is 2. The lowest BCUT2D eigenvalue weighted by molar-refractivity contribution is 0.140. The average Bonchev–Trinajstić information content (AvgIpc) is 2.60. The Morgan fingerprint density at radius 2 is 2.42 bits per heavy atom. The summed E-state index contributed by atoms with van der Waals surface area (Å²) in [5.41, 5.74) is 0.746. The predicted octanol–water partition coefficient (Wildman–Crippen LogP) is 0.878. The van der Waals surface area contributed by atoms with Crippen molar-refractivity contribution in [1.82, 2.24) is 9.55 Å². The van der Waals surface area contributed by atoms with E-state index in [4.69, 9.17) is 0 Å². The van der Waals surface area contributed by atoms with E-state index in [0.29, 0.717) is 0 Å². The summed E-state index contributed by atoms with van der Waals surface area (Å²) in [7, 11) is 1.96. The zero-order chi connectivity index (χ0) is 8.60. The second-order valence-electron chi connectivity index (χ2n) is 3.75. The summed E-state index contributed by atoms with van der Waals surface area (Å²) in [4.78, 5) is 4.20. The Bertz CT molecular complexity index is 276. The molecule has 0 aliphatic heterocycles. The Kier molecular flexibility index (Phi) is 1.68. The molecule has 0 amide bonds. The first-order valence-corrected chi connectivity index (χ1v) is 4.37. The molecule has 0 aromatic carbocycles. The number of aliphatic hydroxyl groups is 1. The van der Waals surface area contributed by atoms with Crippen LogP contribution in [-0.4, -0.2) is 20.3 Å². The first-order valence-electron chi connectivity index (χ1n) is 4.37. The fourth-order valence-corrected chi connectivity index (χ4v) is 1.35. The van der Waals surface area contributed by atoms with Gasteiger partial charge >= 0.3 is 0 Å². The van der Waals surface area contributed by atoms with E-state index < -0.39 is 0 Å². The molecule has 0 radical (unpaired) electrons. The number of aryl methyl sites for hydroxylation is 2. The zero-order valence-electron chi connectivity index (χ0n) is 7.32. The third-order valence-electron chi connectivity index (χ3n) is 2.43. The number of hydrogen-bond acceptors (Lipinski definition) is 2. The Balaban J connectivity index is 1.87. The van der Waals surface area contributed by atoms with Crippen LogP contribution in [0.25, 0.3) is 0 Å². The normalized spacial score (nSPS) is 19.5. The molecule has 1 aliphatic rings. The highest BCUT2D eigenvalue weighted by atomic mass is 16.3. The van der Waals surface area contributed by atoms with Crippen LogP contribution >= 0.6 is 0 Å². The van der Waals surface area contributed by atoms with E-state index >= 15 is 0 Å². The molecule has 12 heavy (non-hydrogen) atoms. The van der Waals surface area contributed by atoms with E-state index in [1.54, 1.807) is 6.33 Å². The van der Waals surface area contributed by atoms with Crippen molar-refractivity contribution < 1.29 is 5.11 Å². The summed E-state index contributed by atoms with van der Waals surface area (Å²) in [6.07, 6.45) is 7.51. The van der Waals surface area contributed by atoms with Crippen LogP contribution in [-0.2, 0) is 13.5 Å². The molecule has 0 bridgehead atoms. The van der Waals surface area contributed by atoms with Gasteiger partial charge in [0.1, 0.15) is 0 Å². The van der Waals surface area contributed by atoms with E-state index in [1.807, 2.05) is 17.8 Å². The summed E-state index contributed by atoms with van der Waals surface area (Å²) in [6.45, 7) is 0. The maximum absolute atomic E-state index is 9.56.